The highest BCUT2D eigenvalue weighted by Crippen LogP contribution is 2.21. The zero-order valence-corrected chi connectivity index (χ0v) is 15.6. The highest BCUT2D eigenvalue weighted by atomic mass is 19.1. The number of benzene rings is 2. The number of aromatic nitrogens is 2. The number of carbonyl (C=O) groups excluding carboxylic acids is 1. The lowest BCUT2D eigenvalue weighted by Crippen LogP contribution is -2.49. The molecule has 29 heavy (non-hydrogen) atoms. The molecule has 0 spiro atoms. The summed E-state index contributed by atoms with van der Waals surface area (Å²) in [6.07, 6.45) is 1.39. The average molecular weight is 395 g/mol. The number of para-hydroxylation sites is 2. The van der Waals surface area contributed by atoms with Gasteiger partial charge in [0.15, 0.2) is 0 Å². The lowest BCUT2D eigenvalue weighted by Gasteiger charge is -2.36. The molecule has 0 atom stereocenters. The molecular formula is C21H19F2N5O. The number of hydrogen-bond donors (Lipinski definition) is 1. The van der Waals surface area contributed by atoms with Gasteiger partial charge >= 0.3 is 0 Å². The van der Waals surface area contributed by atoms with Gasteiger partial charge in [0, 0.05) is 38.1 Å². The van der Waals surface area contributed by atoms with E-state index in [1.54, 1.807) is 4.90 Å². The van der Waals surface area contributed by atoms with Gasteiger partial charge in [0.2, 0.25) is 5.95 Å². The van der Waals surface area contributed by atoms with E-state index in [4.69, 9.17) is 0 Å². The maximum absolute atomic E-state index is 13.8. The summed E-state index contributed by atoms with van der Waals surface area (Å²) in [6, 6.07) is 15.1. The quantitative estimate of drug-likeness (QED) is 0.733. The van der Waals surface area contributed by atoms with Crippen LogP contribution in [0.15, 0.2) is 60.8 Å². The van der Waals surface area contributed by atoms with Crippen molar-refractivity contribution in [1.82, 2.24) is 14.9 Å². The van der Waals surface area contributed by atoms with E-state index in [2.05, 4.69) is 20.2 Å². The van der Waals surface area contributed by atoms with Gasteiger partial charge in [-0.15, -0.1) is 0 Å². The van der Waals surface area contributed by atoms with Crippen LogP contribution in [0.3, 0.4) is 0 Å². The molecule has 0 saturated carbocycles. The van der Waals surface area contributed by atoms with Crippen LogP contribution < -0.4 is 10.2 Å². The highest BCUT2D eigenvalue weighted by Gasteiger charge is 2.23. The summed E-state index contributed by atoms with van der Waals surface area (Å²) >= 11 is 0. The van der Waals surface area contributed by atoms with E-state index >= 15 is 0 Å². The molecular weight excluding hydrogens is 376 g/mol. The number of halogens is 2. The first-order chi connectivity index (χ1) is 14.1. The average Bonchev–Trinajstić information content (AvgIpc) is 2.77. The van der Waals surface area contributed by atoms with Crippen LogP contribution in [0.4, 0.5) is 26.1 Å². The fourth-order valence-electron chi connectivity index (χ4n) is 3.24. The second-order valence-electron chi connectivity index (χ2n) is 6.60. The predicted molar refractivity (Wildman–Crippen MR) is 106 cm³/mol. The molecule has 1 aliphatic rings. The predicted octanol–water partition coefficient (Wildman–Crippen LogP) is 3.46. The zero-order valence-electron chi connectivity index (χ0n) is 15.6. The second kappa shape index (κ2) is 8.22. The topological polar surface area (TPSA) is 61.4 Å². The summed E-state index contributed by atoms with van der Waals surface area (Å²) in [7, 11) is 0. The van der Waals surface area contributed by atoms with Crippen LogP contribution in [-0.2, 0) is 0 Å². The summed E-state index contributed by atoms with van der Waals surface area (Å²) in [4.78, 5) is 24.9. The van der Waals surface area contributed by atoms with Gasteiger partial charge in [0.25, 0.3) is 5.91 Å². The van der Waals surface area contributed by atoms with Crippen molar-refractivity contribution in [2.75, 3.05) is 36.4 Å². The number of amides is 1. The minimum atomic E-state index is -0.762. The van der Waals surface area contributed by atoms with E-state index in [9.17, 15) is 13.6 Å². The van der Waals surface area contributed by atoms with E-state index in [0.29, 0.717) is 26.2 Å². The summed E-state index contributed by atoms with van der Waals surface area (Å²) in [6.45, 7) is 2.55. The standard InChI is InChI=1S/C21H19F2N5O/c22-16-7-4-8-17(23)19(16)26-21-24-10-9-18(25-21)20(29)28-13-11-27(12-14-28)15-5-2-1-3-6-15/h1-10H,11-14H2,(H,24,25,26). The fraction of sp³-hybridized carbons (Fsp3) is 0.190. The number of nitrogens with zero attached hydrogens (tertiary/aromatic N) is 4. The molecule has 1 amide bonds. The first-order valence-corrected chi connectivity index (χ1v) is 9.25. The lowest BCUT2D eigenvalue weighted by atomic mass is 10.2. The molecule has 4 rings (SSSR count). The molecule has 2 aromatic carbocycles. The van der Waals surface area contributed by atoms with Crippen LogP contribution >= 0.6 is 0 Å². The van der Waals surface area contributed by atoms with Gasteiger partial charge in [-0.25, -0.2) is 18.7 Å². The molecule has 1 saturated heterocycles. The van der Waals surface area contributed by atoms with Crippen molar-refractivity contribution in [3.05, 3.63) is 78.1 Å². The fourth-order valence-corrected chi connectivity index (χ4v) is 3.24. The molecule has 8 heteroatoms. The van der Waals surface area contributed by atoms with E-state index in [-0.39, 0.29) is 23.2 Å². The molecule has 148 valence electrons. The van der Waals surface area contributed by atoms with Gasteiger partial charge in [-0.3, -0.25) is 4.79 Å². The minimum Gasteiger partial charge on any atom is -0.368 e. The van der Waals surface area contributed by atoms with E-state index in [0.717, 1.165) is 17.8 Å². The molecule has 2 heterocycles. The number of anilines is 3. The van der Waals surface area contributed by atoms with Gasteiger partial charge in [-0.1, -0.05) is 24.3 Å². The molecule has 0 unspecified atom stereocenters. The smallest absolute Gasteiger partial charge is 0.272 e. The first kappa shape index (κ1) is 18.8. The monoisotopic (exact) mass is 395 g/mol. The third-order valence-electron chi connectivity index (χ3n) is 4.76. The summed E-state index contributed by atoms with van der Waals surface area (Å²) in [5, 5.41) is 2.52. The molecule has 1 fully saturated rings. The number of piperazine rings is 1. The molecule has 0 bridgehead atoms. The Morgan fingerprint density at radius 3 is 2.28 bits per heavy atom. The van der Waals surface area contributed by atoms with Gasteiger partial charge in [-0.2, -0.15) is 0 Å². The maximum atomic E-state index is 13.8. The summed E-state index contributed by atoms with van der Waals surface area (Å²) < 4.78 is 27.6. The van der Waals surface area contributed by atoms with Crippen molar-refractivity contribution in [2.45, 2.75) is 0 Å². The van der Waals surface area contributed by atoms with Crippen LogP contribution in [0.25, 0.3) is 0 Å². The van der Waals surface area contributed by atoms with Crippen LogP contribution in [-0.4, -0.2) is 47.0 Å². The van der Waals surface area contributed by atoms with Gasteiger partial charge in [0.05, 0.1) is 0 Å². The van der Waals surface area contributed by atoms with E-state index in [1.165, 1.54) is 18.3 Å². The van der Waals surface area contributed by atoms with Gasteiger partial charge in [0.1, 0.15) is 23.0 Å². The van der Waals surface area contributed by atoms with Crippen LogP contribution in [0, 0.1) is 11.6 Å². The van der Waals surface area contributed by atoms with Crippen LogP contribution in [0.5, 0.6) is 0 Å². The summed E-state index contributed by atoms with van der Waals surface area (Å²) in [5.74, 6) is -1.80. The Hall–Kier alpha value is -3.55. The molecule has 3 aromatic rings. The third kappa shape index (κ3) is 4.16. The van der Waals surface area contributed by atoms with Gasteiger partial charge < -0.3 is 15.1 Å². The molecule has 6 nitrogen and oxygen atoms in total. The number of nitrogens with one attached hydrogen (secondary N) is 1. The number of rotatable bonds is 4. The van der Waals surface area contributed by atoms with Crippen molar-refractivity contribution in [2.24, 2.45) is 0 Å². The van der Waals surface area contributed by atoms with Crippen molar-refractivity contribution in [3.8, 4) is 0 Å². The Morgan fingerprint density at radius 2 is 1.59 bits per heavy atom. The van der Waals surface area contributed by atoms with Crippen LogP contribution in [0.2, 0.25) is 0 Å². The normalized spacial score (nSPS) is 14.0. The largest absolute Gasteiger partial charge is 0.368 e. The van der Waals surface area contributed by atoms with Crippen molar-refractivity contribution in [1.29, 1.82) is 0 Å². The number of carbonyl (C=O) groups is 1. The number of hydrogen-bond acceptors (Lipinski definition) is 5. The van der Waals surface area contributed by atoms with E-state index in [1.807, 2.05) is 30.3 Å². The maximum Gasteiger partial charge on any atom is 0.272 e. The van der Waals surface area contributed by atoms with Crippen LogP contribution in [0.1, 0.15) is 10.5 Å². The molecule has 1 aliphatic heterocycles. The Kier molecular flexibility index (Phi) is 5.33. The van der Waals surface area contributed by atoms with E-state index < -0.39 is 11.6 Å². The summed E-state index contributed by atoms with van der Waals surface area (Å²) in [5.41, 5.74) is 0.945. The molecule has 1 aromatic heterocycles. The second-order valence-corrected chi connectivity index (χ2v) is 6.60. The SMILES string of the molecule is O=C(c1ccnc(Nc2c(F)cccc2F)n1)N1CCN(c2ccccc2)CC1. The van der Waals surface area contributed by atoms with Crippen molar-refractivity contribution < 1.29 is 13.6 Å². The molecule has 0 radical (unpaired) electrons. The Bertz CT molecular complexity index is 987. The Labute approximate surface area is 166 Å². The zero-order chi connectivity index (χ0) is 20.2. The van der Waals surface area contributed by atoms with Gasteiger partial charge in [-0.05, 0) is 30.3 Å². The highest BCUT2D eigenvalue weighted by molar-refractivity contribution is 5.92. The molecule has 1 N–H and O–H groups in total. The minimum absolute atomic E-state index is 0.0391. The lowest BCUT2D eigenvalue weighted by molar-refractivity contribution is 0.0741. The van der Waals surface area contributed by atoms with Crippen molar-refractivity contribution in [3.63, 3.8) is 0 Å². The van der Waals surface area contributed by atoms with Crippen molar-refractivity contribution >= 4 is 23.2 Å². The Morgan fingerprint density at radius 1 is 0.897 bits per heavy atom. The first-order valence-electron chi connectivity index (χ1n) is 9.25. The Balaban J connectivity index is 1.44. The third-order valence-corrected chi connectivity index (χ3v) is 4.76. The molecule has 0 aliphatic carbocycles.